The van der Waals surface area contributed by atoms with Crippen molar-refractivity contribution in [3.63, 3.8) is 0 Å². The smallest absolute Gasteiger partial charge is 0.353 e. The van der Waals surface area contributed by atoms with E-state index in [0.717, 1.165) is 0 Å². The van der Waals surface area contributed by atoms with Crippen molar-refractivity contribution in [2.75, 3.05) is 11.9 Å². The molecule has 2 rings (SSSR count). The second-order valence-corrected chi connectivity index (χ2v) is 4.17. The van der Waals surface area contributed by atoms with Gasteiger partial charge in [-0.3, -0.25) is 0 Å². The molecule has 0 amide bonds. The van der Waals surface area contributed by atoms with E-state index in [4.69, 9.17) is 11.6 Å². The minimum atomic E-state index is -4.12. The molecule has 18 heavy (non-hydrogen) atoms. The van der Waals surface area contributed by atoms with Gasteiger partial charge in [-0.2, -0.15) is 18.2 Å². The lowest BCUT2D eigenvalue weighted by atomic mass is 10.3. The van der Waals surface area contributed by atoms with Gasteiger partial charge in [0.2, 0.25) is 5.95 Å². The maximum absolute atomic E-state index is 11.9. The third-order valence-corrected chi connectivity index (χ3v) is 2.44. The molecule has 0 aliphatic rings. The van der Waals surface area contributed by atoms with Crippen LogP contribution in [0.4, 0.5) is 19.1 Å². The maximum atomic E-state index is 11.9. The van der Waals surface area contributed by atoms with Crippen LogP contribution in [-0.2, 0) is 0 Å². The maximum Gasteiger partial charge on any atom is 0.389 e. The van der Waals surface area contributed by atoms with E-state index in [9.17, 15) is 13.2 Å². The first kappa shape index (κ1) is 12.9. The minimum Gasteiger partial charge on any atom is -0.353 e. The molecule has 2 heterocycles. The molecule has 0 spiro atoms. The average Bonchev–Trinajstić information content (AvgIpc) is 2.65. The molecular weight excluding hydrogens is 269 g/mol. The number of nitrogens with zero attached hydrogens (tertiary/aromatic N) is 3. The van der Waals surface area contributed by atoms with Crippen molar-refractivity contribution in [1.82, 2.24) is 14.6 Å². The van der Waals surface area contributed by atoms with Gasteiger partial charge in [0.1, 0.15) is 0 Å². The zero-order valence-corrected chi connectivity index (χ0v) is 9.96. The topological polar surface area (TPSA) is 42.2 Å². The summed E-state index contributed by atoms with van der Waals surface area (Å²) in [6, 6.07) is 3.34. The number of alkyl halides is 3. The fourth-order valence-electron chi connectivity index (χ4n) is 1.42. The molecule has 0 saturated heterocycles. The van der Waals surface area contributed by atoms with Crippen LogP contribution < -0.4 is 5.32 Å². The lowest BCUT2D eigenvalue weighted by Crippen LogP contribution is -2.11. The van der Waals surface area contributed by atoms with Crippen molar-refractivity contribution in [2.45, 2.75) is 19.0 Å². The second kappa shape index (κ2) is 5.01. The van der Waals surface area contributed by atoms with Crippen LogP contribution in [0.15, 0.2) is 18.3 Å². The number of pyridine rings is 1. The standard InChI is InChI=1S/C10H10ClF3N4/c11-7-2-3-8-16-9(17-18(8)6-7)15-5-1-4-10(12,13)14/h2-3,6H,1,4-5H2,(H,15,17). The Morgan fingerprint density at radius 2 is 2.11 bits per heavy atom. The molecule has 0 bridgehead atoms. The van der Waals surface area contributed by atoms with Gasteiger partial charge in [-0.1, -0.05) is 11.6 Å². The molecule has 4 nitrogen and oxygen atoms in total. The molecule has 1 N–H and O–H groups in total. The third kappa shape index (κ3) is 3.49. The molecule has 0 aliphatic carbocycles. The van der Waals surface area contributed by atoms with E-state index in [2.05, 4.69) is 15.4 Å². The second-order valence-electron chi connectivity index (χ2n) is 3.73. The van der Waals surface area contributed by atoms with Crippen LogP contribution in [-0.4, -0.2) is 27.3 Å². The Morgan fingerprint density at radius 1 is 1.33 bits per heavy atom. The SMILES string of the molecule is FC(F)(F)CCCNc1nc2ccc(Cl)cn2n1. The van der Waals surface area contributed by atoms with Crippen molar-refractivity contribution in [1.29, 1.82) is 0 Å². The summed E-state index contributed by atoms with van der Waals surface area (Å²) in [7, 11) is 0. The van der Waals surface area contributed by atoms with Gasteiger partial charge >= 0.3 is 6.18 Å². The molecule has 2 aromatic heterocycles. The van der Waals surface area contributed by atoms with Gasteiger partial charge in [-0.15, -0.1) is 5.10 Å². The number of halogens is 4. The zero-order chi connectivity index (χ0) is 13.2. The average molecular weight is 279 g/mol. The fraction of sp³-hybridized carbons (Fsp3) is 0.400. The molecule has 98 valence electrons. The highest BCUT2D eigenvalue weighted by atomic mass is 35.5. The number of nitrogens with one attached hydrogen (secondary N) is 1. The Balaban J connectivity index is 1.92. The molecule has 0 atom stereocenters. The quantitative estimate of drug-likeness (QED) is 0.874. The number of fused-ring (bicyclic) bond motifs is 1. The van der Waals surface area contributed by atoms with E-state index in [1.807, 2.05) is 0 Å². The van der Waals surface area contributed by atoms with Gasteiger partial charge < -0.3 is 5.32 Å². The van der Waals surface area contributed by atoms with Gasteiger partial charge in [0.05, 0.1) is 5.02 Å². The monoisotopic (exact) mass is 278 g/mol. The Labute approximate surface area is 106 Å². The number of rotatable bonds is 4. The highest BCUT2D eigenvalue weighted by molar-refractivity contribution is 6.30. The van der Waals surface area contributed by atoms with Crippen molar-refractivity contribution in [3.05, 3.63) is 23.4 Å². The lowest BCUT2D eigenvalue weighted by molar-refractivity contribution is -0.134. The number of aromatic nitrogens is 3. The first-order chi connectivity index (χ1) is 8.44. The van der Waals surface area contributed by atoms with Gasteiger partial charge in [0.15, 0.2) is 5.65 Å². The fourth-order valence-corrected chi connectivity index (χ4v) is 1.58. The van der Waals surface area contributed by atoms with E-state index in [0.29, 0.717) is 16.6 Å². The highest BCUT2D eigenvalue weighted by Crippen LogP contribution is 2.21. The van der Waals surface area contributed by atoms with Crippen LogP contribution in [0.3, 0.4) is 0 Å². The van der Waals surface area contributed by atoms with E-state index >= 15 is 0 Å². The summed E-state index contributed by atoms with van der Waals surface area (Å²) in [6.45, 7) is 0.171. The Hall–Kier alpha value is -1.50. The Kier molecular flexibility index (Phi) is 3.60. The van der Waals surface area contributed by atoms with Crippen LogP contribution in [0, 0.1) is 0 Å². The first-order valence-electron chi connectivity index (χ1n) is 5.27. The lowest BCUT2D eigenvalue weighted by Gasteiger charge is -2.05. The molecular formula is C10H10ClF3N4. The van der Waals surface area contributed by atoms with Crippen molar-refractivity contribution in [2.24, 2.45) is 0 Å². The van der Waals surface area contributed by atoms with Crippen LogP contribution in [0.2, 0.25) is 5.02 Å². The van der Waals surface area contributed by atoms with Crippen molar-refractivity contribution >= 4 is 23.2 Å². The molecule has 0 fully saturated rings. The zero-order valence-electron chi connectivity index (χ0n) is 9.21. The number of anilines is 1. The normalized spacial score (nSPS) is 12.0. The largest absolute Gasteiger partial charge is 0.389 e. The molecule has 0 unspecified atom stereocenters. The summed E-state index contributed by atoms with van der Waals surface area (Å²) < 4.78 is 37.2. The Bertz CT molecular complexity index is 537. The van der Waals surface area contributed by atoms with Crippen LogP contribution in [0.5, 0.6) is 0 Å². The predicted molar refractivity (Wildman–Crippen MR) is 61.8 cm³/mol. The van der Waals surface area contributed by atoms with Crippen LogP contribution >= 0.6 is 11.6 Å². The minimum absolute atomic E-state index is 0.0141. The molecule has 0 radical (unpaired) electrons. The summed E-state index contributed by atoms with van der Waals surface area (Å²) in [6.07, 6.45) is -3.38. The van der Waals surface area contributed by atoms with Crippen LogP contribution in [0.1, 0.15) is 12.8 Å². The highest BCUT2D eigenvalue weighted by Gasteiger charge is 2.25. The summed E-state index contributed by atoms with van der Waals surface area (Å²) in [5.41, 5.74) is 0.581. The first-order valence-corrected chi connectivity index (χ1v) is 5.64. The van der Waals surface area contributed by atoms with Crippen molar-refractivity contribution in [3.8, 4) is 0 Å². The molecule has 8 heteroatoms. The van der Waals surface area contributed by atoms with Crippen LogP contribution in [0.25, 0.3) is 5.65 Å². The van der Waals surface area contributed by atoms with Gasteiger partial charge in [-0.05, 0) is 18.6 Å². The molecule has 2 aromatic rings. The number of hydrogen-bond donors (Lipinski definition) is 1. The van der Waals surface area contributed by atoms with Gasteiger partial charge in [0.25, 0.3) is 0 Å². The number of hydrogen-bond acceptors (Lipinski definition) is 3. The third-order valence-electron chi connectivity index (χ3n) is 2.22. The van der Waals surface area contributed by atoms with E-state index in [1.165, 1.54) is 4.52 Å². The molecule has 0 aliphatic heterocycles. The van der Waals surface area contributed by atoms with E-state index in [1.54, 1.807) is 18.3 Å². The Morgan fingerprint density at radius 3 is 2.83 bits per heavy atom. The van der Waals surface area contributed by atoms with E-state index in [-0.39, 0.29) is 13.0 Å². The summed E-state index contributed by atoms with van der Waals surface area (Å²) in [5.74, 6) is 0.291. The van der Waals surface area contributed by atoms with E-state index < -0.39 is 12.6 Å². The van der Waals surface area contributed by atoms with Gasteiger partial charge in [-0.25, -0.2) is 4.52 Å². The molecule has 0 aromatic carbocycles. The summed E-state index contributed by atoms with van der Waals surface area (Å²) >= 11 is 5.77. The molecule has 0 saturated carbocycles. The summed E-state index contributed by atoms with van der Waals surface area (Å²) in [4.78, 5) is 4.09. The van der Waals surface area contributed by atoms with Gasteiger partial charge in [0, 0.05) is 19.2 Å². The predicted octanol–water partition coefficient (Wildman–Crippen LogP) is 3.14. The van der Waals surface area contributed by atoms with Crippen molar-refractivity contribution < 1.29 is 13.2 Å². The summed E-state index contributed by atoms with van der Waals surface area (Å²) in [5, 5.41) is 7.29.